The van der Waals surface area contributed by atoms with Gasteiger partial charge in [-0.2, -0.15) is 0 Å². The molecule has 3 heterocycles. The lowest BCUT2D eigenvalue weighted by Gasteiger charge is -2.63. The highest BCUT2D eigenvalue weighted by Crippen LogP contribution is 2.61. The fourth-order valence-electron chi connectivity index (χ4n) is 9.36. The summed E-state index contributed by atoms with van der Waals surface area (Å²) in [6.07, 6.45) is 13.1. The van der Waals surface area contributed by atoms with E-state index in [0.717, 1.165) is 36.1 Å². The number of nitrogens with zero attached hydrogens (tertiary/aromatic N) is 3. The summed E-state index contributed by atoms with van der Waals surface area (Å²) in [7, 11) is 0. The number of carbonyl (C=O) groups is 1. The van der Waals surface area contributed by atoms with Crippen molar-refractivity contribution < 1.29 is 9.53 Å². The van der Waals surface area contributed by atoms with Crippen LogP contribution in [0.4, 0.5) is 0 Å². The molecular formula is C28H35N3O3. The van der Waals surface area contributed by atoms with E-state index >= 15 is 0 Å². The summed E-state index contributed by atoms with van der Waals surface area (Å²) in [6, 6.07) is 8.95. The molecule has 8 rings (SSSR count). The van der Waals surface area contributed by atoms with Crippen molar-refractivity contribution in [2.24, 2.45) is 17.8 Å². The lowest BCUT2D eigenvalue weighted by Crippen LogP contribution is -2.64. The van der Waals surface area contributed by atoms with E-state index in [1.807, 2.05) is 28.8 Å². The average molecular weight is 462 g/mol. The Labute approximate surface area is 200 Å². The molecule has 6 fully saturated rings. The van der Waals surface area contributed by atoms with Gasteiger partial charge in [0.15, 0.2) is 0 Å². The van der Waals surface area contributed by atoms with Gasteiger partial charge in [-0.1, -0.05) is 12.1 Å². The van der Waals surface area contributed by atoms with Crippen molar-refractivity contribution in [3.05, 3.63) is 40.3 Å². The quantitative estimate of drug-likeness (QED) is 0.617. The van der Waals surface area contributed by atoms with Crippen LogP contribution in [0.25, 0.3) is 11.0 Å². The summed E-state index contributed by atoms with van der Waals surface area (Å²) in [5.74, 6) is 2.23. The Kier molecular flexibility index (Phi) is 4.74. The van der Waals surface area contributed by atoms with E-state index in [9.17, 15) is 9.59 Å². The lowest BCUT2D eigenvalue weighted by atomic mass is 9.52. The number of hydrogen-bond acceptors (Lipinski definition) is 5. The molecule has 2 aromatic rings. The van der Waals surface area contributed by atoms with Crippen LogP contribution in [0.2, 0.25) is 0 Å². The minimum atomic E-state index is -0.610. The van der Waals surface area contributed by atoms with Crippen LogP contribution in [0.3, 0.4) is 0 Å². The molecular weight excluding hydrogens is 426 g/mol. The minimum Gasteiger partial charge on any atom is -0.461 e. The second-order valence-electron chi connectivity index (χ2n) is 11.9. The zero-order valence-corrected chi connectivity index (χ0v) is 20.1. The van der Waals surface area contributed by atoms with E-state index in [0.29, 0.717) is 23.1 Å². The highest BCUT2D eigenvalue weighted by atomic mass is 16.5. The Bertz CT molecular complexity index is 1150. The second kappa shape index (κ2) is 7.64. The number of piperidine rings is 1. The van der Waals surface area contributed by atoms with E-state index in [1.54, 1.807) is 6.92 Å². The molecule has 6 bridgehead atoms. The number of ether oxygens (including phenoxy) is 1. The fourth-order valence-corrected chi connectivity index (χ4v) is 9.36. The summed E-state index contributed by atoms with van der Waals surface area (Å²) in [6.45, 7) is 2.00. The molecule has 4 saturated carbocycles. The Morgan fingerprint density at radius 1 is 0.971 bits per heavy atom. The first-order valence-corrected chi connectivity index (χ1v) is 13.5. The molecule has 0 amide bonds. The van der Waals surface area contributed by atoms with E-state index < -0.39 is 5.97 Å². The van der Waals surface area contributed by atoms with Gasteiger partial charge in [0.05, 0.1) is 17.6 Å². The van der Waals surface area contributed by atoms with Gasteiger partial charge >= 0.3 is 5.97 Å². The first kappa shape index (κ1) is 21.1. The van der Waals surface area contributed by atoms with E-state index in [4.69, 9.17) is 4.74 Å². The van der Waals surface area contributed by atoms with Crippen LogP contribution in [0.15, 0.2) is 29.1 Å². The molecule has 6 aliphatic rings. The molecule has 1 aromatic carbocycles. The number of rotatable bonds is 4. The van der Waals surface area contributed by atoms with E-state index in [-0.39, 0.29) is 23.9 Å². The Hall–Kier alpha value is -2.21. The molecule has 3 atom stereocenters. The van der Waals surface area contributed by atoms with Crippen molar-refractivity contribution >= 4 is 17.0 Å². The summed E-state index contributed by atoms with van der Waals surface area (Å²) >= 11 is 0. The van der Waals surface area contributed by atoms with Crippen LogP contribution in [0, 0.1) is 17.8 Å². The minimum absolute atomic E-state index is 0.0728. The number of hydrogen-bond donors (Lipinski definition) is 0. The van der Waals surface area contributed by atoms with Crippen molar-refractivity contribution in [2.75, 3.05) is 6.61 Å². The largest absolute Gasteiger partial charge is 0.461 e. The third-order valence-electron chi connectivity index (χ3n) is 9.89. The molecule has 4 aliphatic carbocycles. The maximum atomic E-state index is 13.6. The molecule has 180 valence electrons. The van der Waals surface area contributed by atoms with Gasteiger partial charge in [-0.25, -0.2) is 9.78 Å². The fraction of sp³-hybridized carbons (Fsp3) is 0.679. The average Bonchev–Trinajstić information content (AvgIpc) is 3.09. The van der Waals surface area contributed by atoms with Gasteiger partial charge in [0, 0.05) is 23.7 Å². The normalized spacial score (nSPS) is 38.5. The van der Waals surface area contributed by atoms with Crippen LogP contribution in [0.1, 0.15) is 87.7 Å². The molecule has 2 saturated heterocycles. The number of carbonyl (C=O) groups excluding carboxylic acids is 1. The lowest BCUT2D eigenvalue weighted by molar-refractivity contribution is -0.121. The van der Waals surface area contributed by atoms with Crippen LogP contribution >= 0.6 is 0 Å². The van der Waals surface area contributed by atoms with Gasteiger partial charge < -0.3 is 9.30 Å². The second-order valence-corrected chi connectivity index (χ2v) is 11.9. The predicted molar refractivity (Wildman–Crippen MR) is 130 cm³/mol. The molecule has 1 unspecified atom stereocenters. The van der Waals surface area contributed by atoms with E-state index in [2.05, 4.69) is 9.88 Å². The Balaban J connectivity index is 1.25. The summed E-state index contributed by atoms with van der Waals surface area (Å²) in [4.78, 5) is 33.6. The highest BCUT2D eigenvalue weighted by Gasteiger charge is 2.58. The standard InChI is InChI=1S/C28H35N3O3/c1-2-34-27(33)25-26(32)30(24-6-4-3-5-23(24)29-25)22-12-20-7-8-21(13-22)31(20)28-14-17-9-18(15-28)11-19(10-17)16-28/h3-6,17-22H,2,7-16H2,1H3/t17?,18?,19?,20-,21+,22?,28?. The van der Waals surface area contributed by atoms with Crippen LogP contribution in [0.5, 0.6) is 0 Å². The zero-order chi connectivity index (χ0) is 23.0. The third kappa shape index (κ3) is 3.06. The topological polar surface area (TPSA) is 64.4 Å². The number of fused-ring (bicyclic) bond motifs is 3. The first-order valence-electron chi connectivity index (χ1n) is 13.5. The van der Waals surface area contributed by atoms with Crippen molar-refractivity contribution in [3.8, 4) is 0 Å². The number of benzene rings is 1. The van der Waals surface area contributed by atoms with Gasteiger partial charge in [-0.15, -0.1) is 0 Å². The third-order valence-corrected chi connectivity index (χ3v) is 9.89. The molecule has 6 heteroatoms. The molecule has 34 heavy (non-hydrogen) atoms. The van der Waals surface area contributed by atoms with Crippen molar-refractivity contribution in [2.45, 2.75) is 94.8 Å². The van der Waals surface area contributed by atoms with Crippen LogP contribution in [-0.2, 0) is 4.74 Å². The molecule has 0 N–H and O–H groups in total. The number of aromatic nitrogens is 2. The Morgan fingerprint density at radius 3 is 2.21 bits per heavy atom. The Morgan fingerprint density at radius 2 is 1.59 bits per heavy atom. The molecule has 2 aliphatic heterocycles. The first-order chi connectivity index (χ1) is 16.5. The number of para-hydroxylation sites is 2. The van der Waals surface area contributed by atoms with Crippen molar-refractivity contribution in [3.63, 3.8) is 0 Å². The van der Waals surface area contributed by atoms with Crippen LogP contribution in [-0.4, -0.2) is 44.6 Å². The molecule has 6 nitrogen and oxygen atoms in total. The van der Waals surface area contributed by atoms with Crippen molar-refractivity contribution in [1.82, 2.24) is 14.5 Å². The predicted octanol–water partition coefficient (Wildman–Crippen LogP) is 4.71. The number of esters is 1. The smallest absolute Gasteiger partial charge is 0.362 e. The van der Waals surface area contributed by atoms with Gasteiger partial charge in [-0.05, 0) is 101 Å². The van der Waals surface area contributed by atoms with Crippen LogP contribution < -0.4 is 5.56 Å². The summed E-state index contributed by atoms with van der Waals surface area (Å²) in [5.41, 5.74) is 1.60. The van der Waals surface area contributed by atoms with Gasteiger partial charge in [-0.3, -0.25) is 9.69 Å². The maximum absolute atomic E-state index is 13.6. The molecule has 0 spiro atoms. The zero-order valence-electron chi connectivity index (χ0n) is 20.1. The van der Waals surface area contributed by atoms with Gasteiger partial charge in [0.2, 0.25) is 5.69 Å². The summed E-state index contributed by atoms with van der Waals surface area (Å²) < 4.78 is 7.09. The van der Waals surface area contributed by atoms with E-state index in [1.165, 1.54) is 51.4 Å². The highest BCUT2D eigenvalue weighted by molar-refractivity contribution is 5.89. The maximum Gasteiger partial charge on any atom is 0.362 e. The SMILES string of the molecule is CCOC(=O)c1nc2ccccc2n(C2C[C@H]3CC[C@@H](C2)N3C23CC4CC(CC(C4)C2)C3)c1=O. The molecule has 0 radical (unpaired) electrons. The van der Waals surface area contributed by atoms with Gasteiger partial charge in [0.1, 0.15) is 0 Å². The van der Waals surface area contributed by atoms with Gasteiger partial charge in [0.25, 0.3) is 5.56 Å². The monoisotopic (exact) mass is 461 g/mol. The summed E-state index contributed by atoms with van der Waals surface area (Å²) in [5, 5.41) is 0. The molecule has 1 aromatic heterocycles. The van der Waals surface area contributed by atoms with Crippen molar-refractivity contribution in [1.29, 1.82) is 0 Å².